The van der Waals surface area contributed by atoms with Crippen LogP contribution in [0.2, 0.25) is 0 Å². The van der Waals surface area contributed by atoms with Crippen molar-refractivity contribution in [2.45, 2.75) is 65.0 Å². The smallest absolute Gasteiger partial charge is 0.410 e. The molecule has 0 radical (unpaired) electrons. The third-order valence-corrected chi connectivity index (χ3v) is 5.29. The van der Waals surface area contributed by atoms with Crippen molar-refractivity contribution in [3.05, 3.63) is 30.2 Å². The minimum Gasteiger partial charge on any atom is -0.444 e. The average Bonchev–Trinajstić information content (AvgIpc) is 3.33. The molecular weight excluding hydrogens is 382 g/mol. The largest absolute Gasteiger partial charge is 0.444 e. The summed E-state index contributed by atoms with van der Waals surface area (Å²) in [6, 6.07) is 6.33. The molecule has 0 spiro atoms. The Morgan fingerprint density at radius 1 is 1.23 bits per heavy atom. The van der Waals surface area contributed by atoms with Crippen molar-refractivity contribution in [1.82, 2.24) is 24.8 Å². The monoisotopic (exact) mass is 411 g/mol. The minimum atomic E-state index is -0.484. The molecule has 8 nitrogen and oxygen atoms in total. The van der Waals surface area contributed by atoms with Gasteiger partial charge in [-0.05, 0) is 59.6 Å². The highest BCUT2D eigenvalue weighted by atomic mass is 16.6. The maximum atomic E-state index is 12.3. The number of rotatable bonds is 3. The number of likely N-dealkylation sites (tertiary alicyclic amines) is 1. The second-order valence-corrected chi connectivity index (χ2v) is 9.16. The molecule has 1 aromatic carbocycles. The highest BCUT2D eigenvalue weighted by molar-refractivity contribution is 5.83. The first-order valence-electron chi connectivity index (χ1n) is 10.5. The third kappa shape index (κ3) is 4.17. The summed E-state index contributed by atoms with van der Waals surface area (Å²) in [6.07, 6.45) is 3.19. The first-order chi connectivity index (χ1) is 14.2. The van der Waals surface area contributed by atoms with Crippen molar-refractivity contribution >= 4 is 17.0 Å². The van der Waals surface area contributed by atoms with Crippen LogP contribution in [0.25, 0.3) is 22.4 Å². The molecule has 0 N–H and O–H groups in total. The van der Waals surface area contributed by atoms with Gasteiger partial charge in [-0.3, -0.25) is 4.68 Å². The van der Waals surface area contributed by atoms with E-state index in [0.717, 1.165) is 29.3 Å². The maximum Gasteiger partial charge on any atom is 0.410 e. The van der Waals surface area contributed by atoms with Gasteiger partial charge in [-0.1, -0.05) is 11.2 Å². The predicted molar refractivity (Wildman–Crippen MR) is 113 cm³/mol. The van der Waals surface area contributed by atoms with E-state index in [1.165, 1.54) is 0 Å². The molecule has 1 saturated heterocycles. The van der Waals surface area contributed by atoms with Crippen LogP contribution >= 0.6 is 0 Å². The van der Waals surface area contributed by atoms with Crippen LogP contribution in [-0.2, 0) is 4.74 Å². The van der Waals surface area contributed by atoms with E-state index in [9.17, 15) is 4.79 Å². The lowest BCUT2D eigenvalue weighted by Crippen LogP contribution is -2.41. The molecular formula is C22H29N5O3. The standard InChI is InChI=1S/C22H29N5O3/c1-14(2)27-18-12-16(6-7-17(18)13-23-27)20-24-19(25-30-20)15-8-10-26(11-9-15)21(28)29-22(3,4)5/h6-7,12-15H,8-11H2,1-5H3. The average molecular weight is 412 g/mol. The number of fused-ring (bicyclic) bond motifs is 1. The normalized spacial score (nSPS) is 15.9. The quantitative estimate of drug-likeness (QED) is 0.616. The summed E-state index contributed by atoms with van der Waals surface area (Å²) in [4.78, 5) is 18.7. The van der Waals surface area contributed by atoms with E-state index in [1.54, 1.807) is 4.90 Å². The Morgan fingerprint density at radius 2 is 1.97 bits per heavy atom. The van der Waals surface area contributed by atoms with Crippen molar-refractivity contribution in [3.63, 3.8) is 0 Å². The summed E-state index contributed by atoms with van der Waals surface area (Å²) in [5.41, 5.74) is 1.45. The number of nitrogens with zero attached hydrogens (tertiary/aromatic N) is 5. The van der Waals surface area contributed by atoms with Crippen molar-refractivity contribution in [1.29, 1.82) is 0 Å². The Kier molecular flexibility index (Phi) is 5.26. The number of ether oxygens (including phenoxy) is 1. The van der Waals surface area contributed by atoms with E-state index in [-0.39, 0.29) is 18.1 Å². The van der Waals surface area contributed by atoms with Crippen molar-refractivity contribution < 1.29 is 14.1 Å². The fourth-order valence-electron chi connectivity index (χ4n) is 3.75. The second-order valence-electron chi connectivity index (χ2n) is 9.16. The number of amides is 1. The lowest BCUT2D eigenvalue weighted by atomic mass is 9.96. The van der Waals surface area contributed by atoms with Gasteiger partial charge < -0.3 is 14.2 Å². The van der Waals surface area contributed by atoms with Crippen molar-refractivity contribution in [2.24, 2.45) is 0 Å². The molecule has 8 heteroatoms. The molecule has 160 valence electrons. The number of aromatic nitrogens is 4. The summed E-state index contributed by atoms with van der Waals surface area (Å²) in [5, 5.41) is 9.77. The van der Waals surface area contributed by atoms with Gasteiger partial charge in [0.2, 0.25) is 0 Å². The number of hydrogen-bond donors (Lipinski definition) is 0. The van der Waals surface area contributed by atoms with Crippen LogP contribution in [0, 0.1) is 0 Å². The Balaban J connectivity index is 1.46. The van der Waals surface area contributed by atoms with E-state index < -0.39 is 5.60 Å². The van der Waals surface area contributed by atoms with E-state index in [4.69, 9.17) is 9.26 Å². The molecule has 1 aliphatic rings. The van der Waals surface area contributed by atoms with Crippen LogP contribution in [0.4, 0.5) is 4.79 Å². The number of carbonyl (C=O) groups excluding carboxylic acids is 1. The number of piperidine rings is 1. The van der Waals surface area contributed by atoms with Gasteiger partial charge in [-0.2, -0.15) is 10.1 Å². The molecule has 0 atom stereocenters. The van der Waals surface area contributed by atoms with Gasteiger partial charge in [0.15, 0.2) is 5.82 Å². The molecule has 30 heavy (non-hydrogen) atoms. The van der Waals surface area contributed by atoms with Gasteiger partial charge in [-0.15, -0.1) is 0 Å². The van der Waals surface area contributed by atoms with Crippen LogP contribution in [-0.4, -0.2) is 49.6 Å². The van der Waals surface area contributed by atoms with Gasteiger partial charge in [-0.25, -0.2) is 4.79 Å². The van der Waals surface area contributed by atoms with Gasteiger partial charge >= 0.3 is 6.09 Å². The van der Waals surface area contributed by atoms with Crippen LogP contribution in [0.1, 0.15) is 65.2 Å². The SMILES string of the molecule is CC(C)n1ncc2ccc(-c3nc(C4CCN(C(=O)OC(C)(C)C)CC4)no3)cc21. The first kappa shape index (κ1) is 20.4. The summed E-state index contributed by atoms with van der Waals surface area (Å²) in [6.45, 7) is 11.1. The number of hydrogen-bond acceptors (Lipinski definition) is 6. The van der Waals surface area contributed by atoms with Gasteiger partial charge in [0.1, 0.15) is 5.60 Å². The van der Waals surface area contributed by atoms with Crippen LogP contribution in [0.5, 0.6) is 0 Å². The first-order valence-corrected chi connectivity index (χ1v) is 10.5. The van der Waals surface area contributed by atoms with Crippen LogP contribution in [0.15, 0.2) is 28.9 Å². The van der Waals surface area contributed by atoms with Crippen molar-refractivity contribution in [3.8, 4) is 11.5 Å². The molecule has 1 aliphatic heterocycles. The maximum absolute atomic E-state index is 12.3. The Hall–Kier alpha value is -2.90. The summed E-state index contributed by atoms with van der Waals surface area (Å²) in [5.74, 6) is 1.38. The zero-order valence-electron chi connectivity index (χ0n) is 18.3. The minimum absolute atomic E-state index is 0.172. The molecule has 0 aliphatic carbocycles. The van der Waals surface area contributed by atoms with E-state index >= 15 is 0 Å². The van der Waals surface area contributed by atoms with Gasteiger partial charge in [0.05, 0.1) is 11.7 Å². The lowest BCUT2D eigenvalue weighted by Gasteiger charge is -2.32. The lowest BCUT2D eigenvalue weighted by molar-refractivity contribution is 0.0203. The van der Waals surface area contributed by atoms with E-state index in [1.807, 2.05) is 49.8 Å². The Labute approximate surface area is 176 Å². The Bertz CT molecular complexity index is 1040. The zero-order valence-corrected chi connectivity index (χ0v) is 18.3. The third-order valence-electron chi connectivity index (χ3n) is 5.29. The number of carbonyl (C=O) groups is 1. The highest BCUT2D eigenvalue weighted by Crippen LogP contribution is 2.30. The molecule has 1 fully saturated rings. The fourth-order valence-corrected chi connectivity index (χ4v) is 3.75. The van der Waals surface area contributed by atoms with Crippen LogP contribution < -0.4 is 0 Å². The summed E-state index contributed by atoms with van der Waals surface area (Å²) >= 11 is 0. The molecule has 4 rings (SSSR count). The van der Waals surface area contributed by atoms with Crippen molar-refractivity contribution in [2.75, 3.05) is 13.1 Å². The topological polar surface area (TPSA) is 86.3 Å². The summed E-state index contributed by atoms with van der Waals surface area (Å²) < 4.78 is 13.0. The molecule has 0 saturated carbocycles. The molecule has 0 bridgehead atoms. The van der Waals surface area contributed by atoms with E-state index in [2.05, 4.69) is 29.1 Å². The van der Waals surface area contributed by atoms with Gasteiger partial charge in [0.25, 0.3) is 5.89 Å². The van der Waals surface area contributed by atoms with Gasteiger partial charge in [0, 0.05) is 36.0 Å². The molecule has 3 heterocycles. The summed E-state index contributed by atoms with van der Waals surface area (Å²) in [7, 11) is 0. The Morgan fingerprint density at radius 3 is 2.63 bits per heavy atom. The molecule has 3 aromatic rings. The molecule has 1 amide bonds. The highest BCUT2D eigenvalue weighted by Gasteiger charge is 2.29. The molecule has 2 aromatic heterocycles. The van der Waals surface area contributed by atoms with E-state index in [0.29, 0.717) is 24.8 Å². The zero-order chi connectivity index (χ0) is 21.5. The fraction of sp³-hybridized carbons (Fsp3) is 0.545. The molecule has 0 unspecified atom stereocenters. The predicted octanol–water partition coefficient (Wildman–Crippen LogP) is 4.78. The van der Waals surface area contributed by atoms with Crippen LogP contribution in [0.3, 0.4) is 0 Å². The second kappa shape index (κ2) is 7.74. The number of benzene rings is 1.